The van der Waals surface area contributed by atoms with E-state index in [1.165, 1.54) is 6.08 Å². The number of nitrogens with zero attached hydrogens (tertiary/aromatic N) is 2. The van der Waals surface area contributed by atoms with Gasteiger partial charge in [0, 0.05) is 24.0 Å². The van der Waals surface area contributed by atoms with Crippen LogP contribution in [-0.2, 0) is 20.9 Å². The maximum atomic E-state index is 12.3. The Labute approximate surface area is 183 Å². The Bertz CT molecular complexity index is 886. The standard InChI is InChI=1S/C23H32N4O4/c1-15(2)9-10-27-16(3)11-18(17(27)4)12-19(13-24)22(29)31-14-21(28)26-23(30)25-20-7-5-6-8-20/h11-12,15,20H,5-10,14H2,1-4H3,(H2,25,26,28,30)/b19-12+. The largest absolute Gasteiger partial charge is 0.451 e. The SMILES string of the molecule is Cc1cc(/C=C(\C#N)C(=O)OCC(=O)NC(=O)NC2CCCC2)c(C)n1CCC(C)C. The molecule has 0 aromatic carbocycles. The van der Waals surface area contributed by atoms with E-state index >= 15 is 0 Å². The van der Waals surface area contributed by atoms with Gasteiger partial charge in [-0.05, 0) is 56.7 Å². The summed E-state index contributed by atoms with van der Waals surface area (Å²) in [6.07, 6.45) is 6.40. The number of ether oxygens (including phenoxy) is 1. The normalized spacial score (nSPS) is 14.4. The molecule has 0 bridgehead atoms. The molecular weight excluding hydrogens is 396 g/mol. The molecular formula is C23H32N4O4. The van der Waals surface area contributed by atoms with Crippen LogP contribution in [0.25, 0.3) is 6.08 Å². The number of hydrogen-bond acceptors (Lipinski definition) is 5. The molecule has 0 atom stereocenters. The number of hydrogen-bond donors (Lipinski definition) is 2. The minimum atomic E-state index is -0.902. The van der Waals surface area contributed by atoms with Crippen molar-refractivity contribution in [1.82, 2.24) is 15.2 Å². The van der Waals surface area contributed by atoms with Gasteiger partial charge in [0.05, 0.1) is 0 Å². The summed E-state index contributed by atoms with van der Waals surface area (Å²) in [5.74, 6) is -1.08. The minimum absolute atomic E-state index is 0.0722. The van der Waals surface area contributed by atoms with E-state index in [2.05, 4.69) is 29.0 Å². The molecule has 31 heavy (non-hydrogen) atoms. The molecule has 0 radical (unpaired) electrons. The maximum absolute atomic E-state index is 12.3. The van der Waals surface area contributed by atoms with Crippen LogP contribution in [0.5, 0.6) is 0 Å². The quantitative estimate of drug-likeness (QED) is 0.374. The second-order valence-corrected chi connectivity index (χ2v) is 8.41. The molecule has 1 aromatic heterocycles. The number of rotatable bonds is 8. The monoisotopic (exact) mass is 428 g/mol. The Morgan fingerprint density at radius 1 is 1.29 bits per heavy atom. The Kier molecular flexibility index (Phi) is 8.86. The van der Waals surface area contributed by atoms with Crippen molar-refractivity contribution < 1.29 is 19.1 Å². The topological polar surface area (TPSA) is 113 Å². The van der Waals surface area contributed by atoms with Gasteiger partial charge in [-0.3, -0.25) is 10.1 Å². The smallest absolute Gasteiger partial charge is 0.349 e. The number of urea groups is 1. The average molecular weight is 429 g/mol. The van der Waals surface area contributed by atoms with E-state index in [1.807, 2.05) is 26.0 Å². The van der Waals surface area contributed by atoms with Crippen molar-refractivity contribution >= 4 is 24.0 Å². The van der Waals surface area contributed by atoms with Gasteiger partial charge in [0.25, 0.3) is 5.91 Å². The van der Waals surface area contributed by atoms with Crippen LogP contribution in [0.2, 0.25) is 0 Å². The molecule has 3 amide bonds. The third-order valence-corrected chi connectivity index (χ3v) is 5.46. The van der Waals surface area contributed by atoms with Crippen LogP contribution in [0.3, 0.4) is 0 Å². The molecule has 1 aliphatic carbocycles. The van der Waals surface area contributed by atoms with Gasteiger partial charge in [0.1, 0.15) is 11.6 Å². The molecule has 0 spiro atoms. The van der Waals surface area contributed by atoms with Gasteiger partial charge in [-0.1, -0.05) is 26.7 Å². The van der Waals surface area contributed by atoms with Crippen LogP contribution in [0.4, 0.5) is 4.79 Å². The van der Waals surface area contributed by atoms with Gasteiger partial charge in [-0.2, -0.15) is 5.26 Å². The number of carbonyl (C=O) groups excluding carboxylic acids is 3. The number of amides is 3. The van der Waals surface area contributed by atoms with Crippen LogP contribution in [-0.4, -0.2) is 35.1 Å². The second kappa shape index (κ2) is 11.3. The van der Waals surface area contributed by atoms with Crippen LogP contribution < -0.4 is 10.6 Å². The number of aromatic nitrogens is 1. The average Bonchev–Trinajstić information content (AvgIpc) is 3.30. The molecule has 1 aliphatic rings. The lowest BCUT2D eigenvalue weighted by atomic mass is 10.1. The fourth-order valence-electron chi connectivity index (χ4n) is 3.66. The molecule has 0 aliphatic heterocycles. The molecule has 1 fully saturated rings. The van der Waals surface area contributed by atoms with Crippen LogP contribution in [0, 0.1) is 31.1 Å². The predicted octanol–water partition coefficient (Wildman–Crippen LogP) is 3.37. The highest BCUT2D eigenvalue weighted by Crippen LogP contribution is 2.20. The maximum Gasteiger partial charge on any atom is 0.349 e. The molecule has 1 heterocycles. The van der Waals surface area contributed by atoms with E-state index in [9.17, 15) is 19.6 Å². The Morgan fingerprint density at radius 2 is 1.97 bits per heavy atom. The Balaban J connectivity index is 1.93. The number of esters is 1. The molecule has 2 rings (SSSR count). The molecule has 2 N–H and O–H groups in total. The van der Waals surface area contributed by atoms with Crippen molar-refractivity contribution in [2.75, 3.05) is 6.61 Å². The van der Waals surface area contributed by atoms with E-state index in [0.29, 0.717) is 5.92 Å². The van der Waals surface area contributed by atoms with Crippen molar-refractivity contribution in [1.29, 1.82) is 5.26 Å². The van der Waals surface area contributed by atoms with Crippen molar-refractivity contribution in [2.24, 2.45) is 5.92 Å². The lowest BCUT2D eigenvalue weighted by molar-refractivity contribution is -0.144. The highest BCUT2D eigenvalue weighted by atomic mass is 16.5. The Hall–Kier alpha value is -3.08. The molecule has 168 valence electrons. The molecule has 0 unspecified atom stereocenters. The summed E-state index contributed by atoms with van der Waals surface area (Å²) >= 11 is 0. The molecule has 1 saturated carbocycles. The lowest BCUT2D eigenvalue weighted by Crippen LogP contribution is -2.45. The van der Waals surface area contributed by atoms with E-state index < -0.39 is 24.5 Å². The van der Waals surface area contributed by atoms with E-state index in [-0.39, 0.29) is 11.6 Å². The summed E-state index contributed by atoms with van der Waals surface area (Å²) in [5.41, 5.74) is 2.56. The van der Waals surface area contributed by atoms with Crippen LogP contribution in [0.1, 0.15) is 62.9 Å². The summed E-state index contributed by atoms with van der Waals surface area (Å²) < 4.78 is 7.08. The summed E-state index contributed by atoms with van der Waals surface area (Å²) in [4.78, 5) is 35.9. The first-order valence-corrected chi connectivity index (χ1v) is 10.8. The van der Waals surface area contributed by atoms with Crippen molar-refractivity contribution in [3.63, 3.8) is 0 Å². The van der Waals surface area contributed by atoms with Gasteiger partial charge in [-0.15, -0.1) is 0 Å². The second-order valence-electron chi connectivity index (χ2n) is 8.41. The van der Waals surface area contributed by atoms with Crippen LogP contribution in [0.15, 0.2) is 11.6 Å². The van der Waals surface area contributed by atoms with Crippen molar-refractivity contribution in [3.05, 3.63) is 28.6 Å². The van der Waals surface area contributed by atoms with Crippen molar-refractivity contribution in [3.8, 4) is 6.07 Å². The molecule has 8 nitrogen and oxygen atoms in total. The zero-order chi connectivity index (χ0) is 23.0. The highest BCUT2D eigenvalue weighted by molar-refractivity contribution is 6.00. The van der Waals surface area contributed by atoms with Gasteiger partial charge >= 0.3 is 12.0 Å². The van der Waals surface area contributed by atoms with Gasteiger partial charge < -0.3 is 14.6 Å². The zero-order valence-corrected chi connectivity index (χ0v) is 18.8. The number of imide groups is 1. The van der Waals surface area contributed by atoms with Crippen molar-refractivity contribution in [2.45, 2.75) is 72.4 Å². The minimum Gasteiger partial charge on any atom is -0.451 e. The first-order chi connectivity index (χ1) is 14.7. The van der Waals surface area contributed by atoms with Gasteiger partial charge in [-0.25, -0.2) is 9.59 Å². The highest BCUT2D eigenvalue weighted by Gasteiger charge is 2.20. The zero-order valence-electron chi connectivity index (χ0n) is 18.8. The number of nitriles is 1. The summed E-state index contributed by atoms with van der Waals surface area (Å²) in [5, 5.41) is 14.2. The predicted molar refractivity (Wildman–Crippen MR) is 117 cm³/mol. The lowest BCUT2D eigenvalue weighted by Gasteiger charge is -2.12. The fraction of sp³-hybridized carbons (Fsp3) is 0.565. The van der Waals surface area contributed by atoms with Gasteiger partial charge in [0.15, 0.2) is 6.61 Å². The summed E-state index contributed by atoms with van der Waals surface area (Å²) in [7, 11) is 0. The van der Waals surface area contributed by atoms with Crippen LogP contribution >= 0.6 is 0 Å². The molecule has 8 heteroatoms. The van der Waals surface area contributed by atoms with Gasteiger partial charge in [0.2, 0.25) is 0 Å². The third kappa shape index (κ3) is 7.28. The Morgan fingerprint density at radius 3 is 2.58 bits per heavy atom. The molecule has 0 saturated heterocycles. The summed E-state index contributed by atoms with van der Waals surface area (Å²) in [6, 6.07) is 3.23. The number of aryl methyl sites for hydroxylation is 1. The first kappa shape index (κ1) is 24.2. The first-order valence-electron chi connectivity index (χ1n) is 10.8. The number of carbonyl (C=O) groups is 3. The van der Waals surface area contributed by atoms with E-state index in [0.717, 1.165) is 55.6 Å². The van der Waals surface area contributed by atoms with E-state index in [1.54, 1.807) is 0 Å². The summed E-state index contributed by atoms with van der Waals surface area (Å²) in [6.45, 7) is 8.47. The molecule has 1 aromatic rings. The fourth-order valence-corrected chi connectivity index (χ4v) is 3.66. The number of nitrogens with one attached hydrogen (secondary N) is 2. The third-order valence-electron chi connectivity index (χ3n) is 5.46. The van der Waals surface area contributed by atoms with E-state index in [4.69, 9.17) is 4.74 Å².